The van der Waals surface area contributed by atoms with E-state index in [1.165, 1.54) is 12.1 Å². The van der Waals surface area contributed by atoms with Gasteiger partial charge in [0.1, 0.15) is 12.1 Å². The van der Waals surface area contributed by atoms with Gasteiger partial charge in [0.15, 0.2) is 5.78 Å². The minimum Gasteiger partial charge on any atom is -0.292 e. The topological polar surface area (TPSA) is 52.0 Å². The van der Waals surface area contributed by atoms with Crippen LogP contribution in [0.2, 0.25) is 0 Å². The van der Waals surface area contributed by atoms with Gasteiger partial charge in [-0.2, -0.15) is 18.3 Å². The molecule has 0 bridgehead atoms. The van der Waals surface area contributed by atoms with Crippen molar-refractivity contribution in [2.24, 2.45) is 0 Å². The monoisotopic (exact) mass is 358 g/mol. The number of hydrogen-bond acceptors (Lipinski definition) is 3. The van der Waals surface area contributed by atoms with Crippen molar-refractivity contribution in [2.45, 2.75) is 12.7 Å². The highest BCUT2D eigenvalue weighted by Crippen LogP contribution is 2.28. The van der Waals surface area contributed by atoms with E-state index in [2.05, 4.69) is 5.10 Å². The molecule has 132 valence electrons. The molecule has 0 fully saturated rings. The highest BCUT2D eigenvalue weighted by molar-refractivity contribution is 5.95. The fourth-order valence-corrected chi connectivity index (χ4v) is 2.45. The summed E-state index contributed by atoms with van der Waals surface area (Å²) in [6.45, 7) is -0.577. The molecule has 0 amide bonds. The molecule has 7 heteroatoms. The average molecular weight is 358 g/mol. The van der Waals surface area contributed by atoms with Gasteiger partial charge in [0, 0.05) is 11.1 Å². The predicted octanol–water partition coefficient (Wildman–Crippen LogP) is 3.81. The first-order valence-electron chi connectivity index (χ1n) is 7.69. The number of ketones is 1. The Labute approximate surface area is 146 Å². The van der Waals surface area contributed by atoms with E-state index in [4.69, 9.17) is 0 Å². The fourth-order valence-electron chi connectivity index (χ4n) is 2.45. The molecular weight excluding hydrogens is 345 g/mol. The van der Waals surface area contributed by atoms with Crippen LogP contribution in [0.4, 0.5) is 13.2 Å². The van der Waals surface area contributed by atoms with Crippen molar-refractivity contribution in [2.75, 3.05) is 0 Å². The Morgan fingerprint density at radius 3 is 2.12 bits per heavy atom. The van der Waals surface area contributed by atoms with Gasteiger partial charge in [-0.05, 0) is 6.07 Å². The molecule has 4 nitrogen and oxygen atoms in total. The second-order valence-electron chi connectivity index (χ2n) is 5.56. The van der Waals surface area contributed by atoms with Gasteiger partial charge in [-0.25, -0.2) is 4.68 Å². The van der Waals surface area contributed by atoms with Gasteiger partial charge in [-0.15, -0.1) is 0 Å². The Balaban J connectivity index is 2.09. The maximum Gasteiger partial charge on any atom is 0.421 e. The number of halogens is 3. The normalized spacial score (nSPS) is 11.3. The van der Waals surface area contributed by atoms with E-state index in [1.54, 1.807) is 48.5 Å². The highest BCUT2D eigenvalue weighted by atomic mass is 19.4. The van der Waals surface area contributed by atoms with Crippen molar-refractivity contribution >= 4 is 5.78 Å². The van der Waals surface area contributed by atoms with E-state index in [9.17, 15) is 22.8 Å². The molecule has 0 aliphatic carbocycles. The average Bonchev–Trinajstić information content (AvgIpc) is 2.64. The lowest BCUT2D eigenvalue weighted by molar-refractivity contribution is -0.139. The lowest BCUT2D eigenvalue weighted by atomic mass is 10.1. The molecule has 26 heavy (non-hydrogen) atoms. The minimum absolute atomic E-state index is 0.0293. The van der Waals surface area contributed by atoms with Crippen molar-refractivity contribution in [3.8, 4) is 11.3 Å². The van der Waals surface area contributed by atoms with Gasteiger partial charge in [-0.3, -0.25) is 9.59 Å². The van der Waals surface area contributed by atoms with E-state index in [0.717, 1.165) is 0 Å². The Kier molecular flexibility index (Phi) is 4.71. The van der Waals surface area contributed by atoms with E-state index in [-0.39, 0.29) is 5.69 Å². The van der Waals surface area contributed by atoms with Crippen LogP contribution in [0.25, 0.3) is 11.3 Å². The minimum atomic E-state index is -4.85. The molecule has 0 saturated heterocycles. The summed E-state index contributed by atoms with van der Waals surface area (Å²) in [5, 5.41) is 3.97. The van der Waals surface area contributed by atoms with Crippen molar-refractivity contribution in [1.29, 1.82) is 0 Å². The molecule has 0 spiro atoms. The largest absolute Gasteiger partial charge is 0.421 e. The second kappa shape index (κ2) is 6.95. The van der Waals surface area contributed by atoms with Crippen LogP contribution >= 0.6 is 0 Å². The maximum atomic E-state index is 13.3. The maximum absolute atomic E-state index is 13.3. The van der Waals surface area contributed by atoms with E-state index >= 15 is 0 Å². The second-order valence-corrected chi connectivity index (χ2v) is 5.56. The molecule has 1 heterocycles. The molecule has 0 atom stereocenters. The van der Waals surface area contributed by atoms with Crippen LogP contribution in [0.3, 0.4) is 0 Å². The van der Waals surface area contributed by atoms with E-state index < -0.39 is 29.6 Å². The van der Waals surface area contributed by atoms with Gasteiger partial charge in [-0.1, -0.05) is 60.7 Å². The summed E-state index contributed by atoms with van der Waals surface area (Å²) >= 11 is 0. The predicted molar refractivity (Wildman–Crippen MR) is 89.7 cm³/mol. The van der Waals surface area contributed by atoms with Gasteiger partial charge in [0.2, 0.25) is 0 Å². The third-order valence-electron chi connectivity index (χ3n) is 3.74. The van der Waals surface area contributed by atoms with Gasteiger partial charge in [0.05, 0.1) is 5.69 Å². The number of rotatable bonds is 4. The van der Waals surface area contributed by atoms with Crippen LogP contribution in [-0.2, 0) is 12.7 Å². The Morgan fingerprint density at radius 2 is 1.54 bits per heavy atom. The number of hydrogen-bond donors (Lipinski definition) is 0. The summed E-state index contributed by atoms with van der Waals surface area (Å²) in [6.07, 6.45) is -4.85. The third-order valence-corrected chi connectivity index (χ3v) is 3.74. The lowest BCUT2D eigenvalue weighted by Crippen LogP contribution is -2.33. The molecule has 0 N–H and O–H groups in total. The van der Waals surface area contributed by atoms with Crippen LogP contribution in [0, 0.1) is 0 Å². The van der Waals surface area contributed by atoms with E-state index in [0.29, 0.717) is 21.9 Å². The zero-order valence-electron chi connectivity index (χ0n) is 13.4. The fraction of sp³-hybridized carbons (Fsp3) is 0.105. The SMILES string of the molecule is O=C(Cn1nc(-c2ccccc2)cc(C(F)(F)F)c1=O)c1ccccc1. The Bertz CT molecular complexity index is 981. The highest BCUT2D eigenvalue weighted by Gasteiger charge is 2.35. The van der Waals surface area contributed by atoms with E-state index in [1.807, 2.05) is 0 Å². The summed E-state index contributed by atoms with van der Waals surface area (Å²) < 4.78 is 40.3. The Hall–Kier alpha value is -3.22. The summed E-state index contributed by atoms with van der Waals surface area (Å²) in [6, 6.07) is 16.9. The van der Waals surface area contributed by atoms with Crippen molar-refractivity contribution < 1.29 is 18.0 Å². The van der Waals surface area contributed by atoms with Gasteiger partial charge in [0.25, 0.3) is 5.56 Å². The standard InChI is InChI=1S/C19H13F3N2O2/c20-19(21,22)15-11-16(13-7-3-1-4-8-13)23-24(18(15)26)12-17(25)14-9-5-2-6-10-14/h1-11H,12H2. The summed E-state index contributed by atoms with van der Waals surface area (Å²) in [5.41, 5.74) is -2.02. The zero-order chi connectivity index (χ0) is 18.7. The number of Topliss-reactive ketones (excluding diaryl/α,β-unsaturated/α-hetero) is 1. The van der Waals surface area contributed by atoms with Crippen LogP contribution in [0.5, 0.6) is 0 Å². The molecule has 0 saturated carbocycles. The summed E-state index contributed by atoms with van der Waals surface area (Å²) in [5.74, 6) is -0.501. The van der Waals surface area contributed by atoms with Crippen LogP contribution < -0.4 is 5.56 Å². The number of carbonyl (C=O) groups is 1. The van der Waals surface area contributed by atoms with Crippen LogP contribution in [-0.4, -0.2) is 15.6 Å². The molecule has 0 radical (unpaired) electrons. The van der Waals surface area contributed by atoms with Crippen LogP contribution in [0.1, 0.15) is 15.9 Å². The molecule has 1 aromatic heterocycles. The first kappa shape index (κ1) is 17.6. The van der Waals surface area contributed by atoms with Crippen molar-refractivity contribution in [3.05, 3.63) is 88.2 Å². The van der Waals surface area contributed by atoms with Gasteiger partial charge < -0.3 is 0 Å². The van der Waals surface area contributed by atoms with Crippen molar-refractivity contribution in [3.63, 3.8) is 0 Å². The molecule has 0 aliphatic heterocycles. The molecule has 2 aromatic carbocycles. The smallest absolute Gasteiger partial charge is 0.292 e. The quantitative estimate of drug-likeness (QED) is 0.667. The number of nitrogens with zero attached hydrogens (tertiary/aromatic N) is 2. The lowest BCUT2D eigenvalue weighted by Gasteiger charge is -2.12. The Morgan fingerprint density at radius 1 is 0.962 bits per heavy atom. The number of carbonyl (C=O) groups excluding carboxylic acids is 1. The number of aromatic nitrogens is 2. The summed E-state index contributed by atoms with van der Waals surface area (Å²) in [7, 11) is 0. The van der Waals surface area contributed by atoms with Crippen LogP contribution in [0.15, 0.2) is 71.5 Å². The molecule has 3 aromatic rings. The summed E-state index contributed by atoms with van der Waals surface area (Å²) in [4.78, 5) is 24.5. The zero-order valence-corrected chi connectivity index (χ0v) is 13.4. The molecule has 3 rings (SSSR count). The first-order chi connectivity index (χ1) is 12.4. The molecule has 0 aliphatic rings. The van der Waals surface area contributed by atoms with Gasteiger partial charge >= 0.3 is 6.18 Å². The van der Waals surface area contributed by atoms with Crippen molar-refractivity contribution in [1.82, 2.24) is 9.78 Å². The molecule has 0 unspecified atom stereocenters. The molecular formula is C19H13F3N2O2. The third kappa shape index (κ3) is 3.72. The first-order valence-corrected chi connectivity index (χ1v) is 7.69. The number of benzene rings is 2. The number of alkyl halides is 3.